The van der Waals surface area contributed by atoms with Gasteiger partial charge in [-0.05, 0) is 58.7 Å². The summed E-state index contributed by atoms with van der Waals surface area (Å²) >= 11 is 0. The highest BCUT2D eigenvalue weighted by Crippen LogP contribution is 2.27. The number of carboxylic acids is 1. The molecule has 0 aromatic heterocycles. The normalized spacial score (nSPS) is 18.9. The number of hydrogen-bond donors (Lipinski definition) is 2. The molecule has 0 aliphatic heterocycles. The molecule has 0 amide bonds. The van der Waals surface area contributed by atoms with E-state index in [0.717, 1.165) is 38.5 Å². The number of rotatable bonds is 10. The first kappa shape index (κ1) is 15.4. The Morgan fingerprint density at radius 2 is 2.11 bits per heavy atom. The lowest BCUT2D eigenvalue weighted by molar-refractivity contribution is -0.144. The number of carboxylic acid groups (broad SMARTS) is 1. The first-order valence-corrected chi connectivity index (χ1v) is 7.26. The lowest BCUT2D eigenvalue weighted by atomic mass is 9.95. The molecule has 0 bridgehead atoms. The summed E-state index contributed by atoms with van der Waals surface area (Å²) in [6.45, 7) is 8.92. The Morgan fingerprint density at radius 1 is 1.44 bits per heavy atom. The van der Waals surface area contributed by atoms with Crippen molar-refractivity contribution in [2.24, 2.45) is 0 Å². The number of nitrogens with one attached hydrogen (secondary N) is 1. The van der Waals surface area contributed by atoms with Gasteiger partial charge in [-0.15, -0.1) is 0 Å². The van der Waals surface area contributed by atoms with Gasteiger partial charge in [-0.2, -0.15) is 0 Å². The first-order chi connectivity index (χ1) is 8.53. The third kappa shape index (κ3) is 4.58. The fourth-order valence-electron chi connectivity index (χ4n) is 2.35. The molecule has 1 fully saturated rings. The van der Waals surface area contributed by atoms with Crippen LogP contribution in [-0.4, -0.2) is 47.2 Å². The highest BCUT2D eigenvalue weighted by atomic mass is 16.4. The van der Waals surface area contributed by atoms with Gasteiger partial charge in [-0.25, -0.2) is 0 Å². The summed E-state index contributed by atoms with van der Waals surface area (Å²) in [4.78, 5) is 13.8. The Kier molecular flexibility index (Phi) is 6.09. The van der Waals surface area contributed by atoms with E-state index in [1.54, 1.807) is 6.92 Å². The number of nitrogens with zero attached hydrogens (tertiary/aromatic N) is 1. The Labute approximate surface area is 111 Å². The number of hydrogen-bond acceptors (Lipinski definition) is 3. The van der Waals surface area contributed by atoms with Crippen LogP contribution in [0.2, 0.25) is 0 Å². The monoisotopic (exact) mass is 256 g/mol. The maximum Gasteiger partial charge on any atom is 0.323 e. The largest absolute Gasteiger partial charge is 0.480 e. The lowest BCUT2D eigenvalue weighted by Crippen LogP contribution is -2.50. The topological polar surface area (TPSA) is 52.6 Å². The van der Waals surface area contributed by atoms with E-state index in [-0.39, 0.29) is 0 Å². The molecule has 0 radical (unpaired) electrons. The molecule has 1 saturated carbocycles. The van der Waals surface area contributed by atoms with Gasteiger partial charge in [-0.3, -0.25) is 4.79 Å². The molecule has 0 heterocycles. The Morgan fingerprint density at radius 3 is 2.56 bits per heavy atom. The van der Waals surface area contributed by atoms with Crippen LogP contribution in [0.4, 0.5) is 0 Å². The predicted octanol–water partition coefficient (Wildman–Crippen LogP) is 2.09. The van der Waals surface area contributed by atoms with Crippen LogP contribution in [0, 0.1) is 0 Å². The van der Waals surface area contributed by atoms with Gasteiger partial charge in [0.25, 0.3) is 0 Å². The van der Waals surface area contributed by atoms with Crippen LogP contribution in [0.5, 0.6) is 0 Å². The minimum Gasteiger partial charge on any atom is -0.480 e. The summed E-state index contributed by atoms with van der Waals surface area (Å²) in [5.74, 6) is -0.731. The van der Waals surface area contributed by atoms with Crippen molar-refractivity contribution in [2.75, 3.05) is 19.6 Å². The van der Waals surface area contributed by atoms with Gasteiger partial charge < -0.3 is 15.3 Å². The molecular formula is C14H28N2O2. The highest BCUT2D eigenvalue weighted by molar-refractivity contribution is 5.78. The van der Waals surface area contributed by atoms with Crippen LogP contribution in [0.25, 0.3) is 0 Å². The summed E-state index contributed by atoms with van der Waals surface area (Å²) < 4.78 is 0. The van der Waals surface area contributed by atoms with E-state index in [9.17, 15) is 9.90 Å². The molecule has 106 valence electrons. The van der Waals surface area contributed by atoms with E-state index in [4.69, 9.17) is 0 Å². The molecular weight excluding hydrogens is 228 g/mol. The average Bonchev–Trinajstić information content (AvgIpc) is 3.16. The van der Waals surface area contributed by atoms with Crippen LogP contribution < -0.4 is 5.32 Å². The summed E-state index contributed by atoms with van der Waals surface area (Å²) in [6.07, 6.45) is 5.25. The molecule has 1 atom stereocenters. The zero-order chi connectivity index (χ0) is 13.6. The van der Waals surface area contributed by atoms with Crippen molar-refractivity contribution in [3.8, 4) is 0 Å². The molecule has 1 aliphatic carbocycles. The standard InChI is InChI=1S/C14H28N2O2/c1-4-10-15-14(3,13(17)18)9-6-11-16(5-2)12-7-8-12/h12,15H,4-11H2,1-3H3,(H,17,18). The lowest BCUT2D eigenvalue weighted by Gasteiger charge is -2.28. The van der Waals surface area contributed by atoms with Crippen molar-refractivity contribution in [1.29, 1.82) is 0 Å². The van der Waals surface area contributed by atoms with Gasteiger partial charge in [0, 0.05) is 6.04 Å². The molecule has 0 aromatic carbocycles. The predicted molar refractivity (Wildman–Crippen MR) is 73.8 cm³/mol. The van der Waals surface area contributed by atoms with Crippen molar-refractivity contribution < 1.29 is 9.90 Å². The maximum absolute atomic E-state index is 11.3. The van der Waals surface area contributed by atoms with Crippen LogP contribution in [0.3, 0.4) is 0 Å². The van der Waals surface area contributed by atoms with E-state index in [0.29, 0.717) is 6.42 Å². The molecule has 0 saturated heterocycles. The van der Waals surface area contributed by atoms with Crippen LogP contribution >= 0.6 is 0 Å². The van der Waals surface area contributed by atoms with E-state index >= 15 is 0 Å². The summed E-state index contributed by atoms with van der Waals surface area (Å²) in [7, 11) is 0. The minimum absolute atomic E-state index is 0.700. The van der Waals surface area contributed by atoms with E-state index in [1.807, 2.05) is 0 Å². The SMILES string of the molecule is CCCNC(C)(CCCN(CC)C1CC1)C(=O)O. The third-order valence-corrected chi connectivity index (χ3v) is 3.83. The van der Waals surface area contributed by atoms with Crippen LogP contribution in [0.15, 0.2) is 0 Å². The molecule has 4 heteroatoms. The van der Waals surface area contributed by atoms with Gasteiger partial charge in [-0.1, -0.05) is 13.8 Å². The fourth-order valence-corrected chi connectivity index (χ4v) is 2.35. The second-order valence-electron chi connectivity index (χ2n) is 5.53. The van der Waals surface area contributed by atoms with Crippen molar-refractivity contribution in [3.05, 3.63) is 0 Å². The van der Waals surface area contributed by atoms with Crippen LogP contribution in [-0.2, 0) is 4.79 Å². The van der Waals surface area contributed by atoms with Gasteiger partial charge in [0.1, 0.15) is 5.54 Å². The van der Waals surface area contributed by atoms with Gasteiger partial charge in [0.2, 0.25) is 0 Å². The molecule has 1 aliphatic rings. The molecule has 4 nitrogen and oxygen atoms in total. The summed E-state index contributed by atoms with van der Waals surface area (Å²) in [6, 6.07) is 0.773. The number of carbonyl (C=O) groups is 1. The van der Waals surface area contributed by atoms with Gasteiger partial charge in [0.05, 0.1) is 0 Å². The highest BCUT2D eigenvalue weighted by Gasteiger charge is 2.33. The van der Waals surface area contributed by atoms with E-state index in [2.05, 4.69) is 24.1 Å². The smallest absolute Gasteiger partial charge is 0.323 e. The fraction of sp³-hybridized carbons (Fsp3) is 0.929. The third-order valence-electron chi connectivity index (χ3n) is 3.83. The molecule has 1 rings (SSSR count). The second-order valence-corrected chi connectivity index (χ2v) is 5.53. The molecule has 2 N–H and O–H groups in total. The zero-order valence-corrected chi connectivity index (χ0v) is 12.0. The second kappa shape index (κ2) is 7.10. The van der Waals surface area contributed by atoms with Crippen molar-refractivity contribution in [3.63, 3.8) is 0 Å². The summed E-state index contributed by atoms with van der Waals surface area (Å²) in [5, 5.41) is 12.5. The summed E-state index contributed by atoms with van der Waals surface area (Å²) in [5.41, 5.74) is -0.765. The zero-order valence-electron chi connectivity index (χ0n) is 12.0. The molecule has 1 unspecified atom stereocenters. The molecule has 0 aromatic rings. The van der Waals surface area contributed by atoms with E-state index in [1.165, 1.54) is 12.8 Å². The minimum atomic E-state index is -0.765. The average molecular weight is 256 g/mol. The van der Waals surface area contributed by atoms with Crippen molar-refractivity contribution in [1.82, 2.24) is 10.2 Å². The molecule has 0 spiro atoms. The first-order valence-electron chi connectivity index (χ1n) is 7.26. The number of aliphatic carboxylic acids is 1. The maximum atomic E-state index is 11.3. The van der Waals surface area contributed by atoms with Gasteiger partial charge >= 0.3 is 5.97 Å². The van der Waals surface area contributed by atoms with Crippen molar-refractivity contribution in [2.45, 2.75) is 64.5 Å². The Bertz CT molecular complexity index is 267. The van der Waals surface area contributed by atoms with Crippen molar-refractivity contribution >= 4 is 5.97 Å². The van der Waals surface area contributed by atoms with Crippen LogP contribution in [0.1, 0.15) is 52.9 Å². The molecule has 18 heavy (non-hydrogen) atoms. The van der Waals surface area contributed by atoms with E-state index < -0.39 is 11.5 Å². The van der Waals surface area contributed by atoms with Gasteiger partial charge in [0.15, 0.2) is 0 Å². The Hall–Kier alpha value is -0.610. The quantitative estimate of drug-likeness (QED) is 0.628. The Balaban J connectivity index is 2.34.